The topological polar surface area (TPSA) is 78.9 Å². The second-order valence-corrected chi connectivity index (χ2v) is 24.9. The molecule has 0 aliphatic heterocycles. The minimum Gasteiger partial charge on any atom is -0.462 e. The van der Waals surface area contributed by atoms with Gasteiger partial charge in [0.25, 0.3) is 0 Å². The highest BCUT2D eigenvalue weighted by Crippen LogP contribution is 2.20. The fourth-order valence-corrected chi connectivity index (χ4v) is 11.5. The summed E-state index contributed by atoms with van der Waals surface area (Å²) in [6.07, 6.45) is 80.3. The van der Waals surface area contributed by atoms with Crippen LogP contribution in [0.15, 0.2) is 0 Å². The zero-order valence-corrected chi connectivity index (χ0v) is 53.5. The highest BCUT2D eigenvalue weighted by molar-refractivity contribution is 5.71. The molecule has 0 heterocycles. The molecule has 0 aliphatic carbocycles. The van der Waals surface area contributed by atoms with Gasteiger partial charge in [-0.3, -0.25) is 14.4 Å². The largest absolute Gasteiger partial charge is 0.462 e. The Kier molecular flexibility index (Phi) is 66.5. The molecule has 1 atom stereocenters. The highest BCUT2D eigenvalue weighted by Gasteiger charge is 2.20. The molecule has 0 aromatic rings. The SMILES string of the molecule is CCCCCCCCCCCCCCCCCCCCCCCCCCCCCCCCCCCCCC(=O)OCC(COC(=O)CCCCCCCCCCCC)OC(=O)CCCCCCCCCCCCCCCCC. The number of esters is 3. The van der Waals surface area contributed by atoms with Crippen molar-refractivity contribution >= 4 is 17.9 Å². The van der Waals surface area contributed by atoms with E-state index in [1.165, 1.54) is 327 Å². The zero-order chi connectivity index (χ0) is 56.4. The summed E-state index contributed by atoms with van der Waals surface area (Å²) >= 11 is 0. The van der Waals surface area contributed by atoms with Crippen LogP contribution in [0.3, 0.4) is 0 Å². The van der Waals surface area contributed by atoms with E-state index in [-0.39, 0.29) is 31.1 Å². The van der Waals surface area contributed by atoms with E-state index < -0.39 is 6.10 Å². The predicted molar refractivity (Wildman–Crippen MR) is 340 cm³/mol. The van der Waals surface area contributed by atoms with Crippen LogP contribution in [0, 0.1) is 0 Å². The first-order chi connectivity index (χ1) is 38.5. The Morgan fingerprint density at radius 2 is 0.346 bits per heavy atom. The number of carbonyl (C=O) groups excluding carboxylic acids is 3. The molecule has 0 N–H and O–H groups in total. The summed E-state index contributed by atoms with van der Waals surface area (Å²) in [6.45, 7) is 6.71. The van der Waals surface area contributed by atoms with Crippen molar-refractivity contribution in [3.05, 3.63) is 0 Å². The number of unbranched alkanes of at least 4 members (excludes halogenated alkanes) is 57. The van der Waals surface area contributed by atoms with Gasteiger partial charge in [0.05, 0.1) is 0 Å². The van der Waals surface area contributed by atoms with Crippen LogP contribution in [0.1, 0.15) is 425 Å². The van der Waals surface area contributed by atoms with Crippen molar-refractivity contribution in [2.24, 2.45) is 0 Å². The lowest BCUT2D eigenvalue weighted by molar-refractivity contribution is -0.167. The van der Waals surface area contributed by atoms with Gasteiger partial charge in [-0.2, -0.15) is 0 Å². The summed E-state index contributed by atoms with van der Waals surface area (Å²) in [7, 11) is 0. The summed E-state index contributed by atoms with van der Waals surface area (Å²) in [5.41, 5.74) is 0. The third-order valence-corrected chi connectivity index (χ3v) is 16.9. The molecular weight excluding hydrogens is 961 g/mol. The molecule has 6 nitrogen and oxygen atoms in total. The van der Waals surface area contributed by atoms with Crippen LogP contribution in [0.5, 0.6) is 0 Å². The normalized spacial score (nSPS) is 11.9. The van der Waals surface area contributed by atoms with E-state index in [1.54, 1.807) is 0 Å². The smallest absolute Gasteiger partial charge is 0.306 e. The van der Waals surface area contributed by atoms with Crippen LogP contribution in [-0.4, -0.2) is 37.2 Å². The Labute approximate surface area is 488 Å². The Balaban J connectivity index is 3.94. The van der Waals surface area contributed by atoms with Crippen molar-refractivity contribution in [1.29, 1.82) is 0 Å². The van der Waals surface area contributed by atoms with Gasteiger partial charge in [-0.25, -0.2) is 0 Å². The van der Waals surface area contributed by atoms with Crippen molar-refractivity contribution in [2.45, 2.75) is 431 Å². The first-order valence-electron chi connectivity index (χ1n) is 36.0. The Morgan fingerprint density at radius 3 is 0.513 bits per heavy atom. The summed E-state index contributed by atoms with van der Waals surface area (Å²) < 4.78 is 16.9. The molecule has 0 radical (unpaired) electrons. The molecule has 0 bridgehead atoms. The van der Waals surface area contributed by atoms with E-state index in [1.807, 2.05) is 0 Å². The van der Waals surface area contributed by atoms with E-state index in [0.29, 0.717) is 19.3 Å². The van der Waals surface area contributed by atoms with Crippen LogP contribution < -0.4 is 0 Å². The minimum atomic E-state index is -0.762. The minimum absolute atomic E-state index is 0.0609. The molecule has 0 aromatic carbocycles. The molecule has 0 saturated heterocycles. The van der Waals surface area contributed by atoms with E-state index in [0.717, 1.165) is 57.8 Å². The van der Waals surface area contributed by atoms with Gasteiger partial charge in [-0.05, 0) is 19.3 Å². The number of carbonyl (C=O) groups is 3. The summed E-state index contributed by atoms with van der Waals surface area (Å²) in [6, 6.07) is 0. The van der Waals surface area contributed by atoms with Crippen molar-refractivity contribution in [1.82, 2.24) is 0 Å². The monoisotopic (exact) mass is 1100 g/mol. The third-order valence-electron chi connectivity index (χ3n) is 16.9. The molecule has 6 heteroatoms. The van der Waals surface area contributed by atoms with Crippen molar-refractivity contribution in [3.63, 3.8) is 0 Å². The molecule has 0 fully saturated rings. The molecule has 0 aromatic heterocycles. The second kappa shape index (κ2) is 67.9. The van der Waals surface area contributed by atoms with Crippen molar-refractivity contribution in [2.75, 3.05) is 13.2 Å². The predicted octanol–water partition coefficient (Wildman–Crippen LogP) is 24.6. The molecule has 78 heavy (non-hydrogen) atoms. The van der Waals surface area contributed by atoms with E-state index >= 15 is 0 Å². The fraction of sp³-hybridized carbons (Fsp3) is 0.958. The number of hydrogen-bond acceptors (Lipinski definition) is 6. The van der Waals surface area contributed by atoms with Crippen molar-refractivity contribution < 1.29 is 28.6 Å². The first-order valence-corrected chi connectivity index (χ1v) is 36.0. The standard InChI is InChI=1S/C72H140O6/c1-4-7-10-13-16-19-22-24-26-27-28-29-30-31-32-33-34-35-36-37-38-39-40-41-42-43-44-45-47-48-50-53-56-59-62-65-71(74)77-68-69(67-76-70(73)64-61-58-55-52-21-18-15-12-9-6-3)78-72(75)66-63-60-57-54-51-49-46-25-23-20-17-14-11-8-5-2/h69H,4-68H2,1-3H3. The van der Waals surface area contributed by atoms with Crippen LogP contribution in [-0.2, 0) is 28.6 Å². The molecule has 1 unspecified atom stereocenters. The van der Waals surface area contributed by atoms with Crippen LogP contribution in [0.2, 0.25) is 0 Å². The number of rotatable bonds is 68. The van der Waals surface area contributed by atoms with Gasteiger partial charge in [-0.1, -0.05) is 387 Å². The second-order valence-electron chi connectivity index (χ2n) is 24.9. The Hall–Kier alpha value is -1.59. The van der Waals surface area contributed by atoms with Gasteiger partial charge in [0.2, 0.25) is 0 Å². The van der Waals surface area contributed by atoms with Crippen molar-refractivity contribution in [3.8, 4) is 0 Å². The quantitative estimate of drug-likeness (QED) is 0.0343. The maximum atomic E-state index is 12.9. The molecular formula is C72H140O6. The van der Waals surface area contributed by atoms with Gasteiger partial charge < -0.3 is 14.2 Å². The van der Waals surface area contributed by atoms with E-state index in [4.69, 9.17) is 14.2 Å². The molecule has 0 saturated carbocycles. The van der Waals surface area contributed by atoms with Gasteiger partial charge >= 0.3 is 17.9 Å². The summed E-state index contributed by atoms with van der Waals surface area (Å²) in [5.74, 6) is -0.828. The zero-order valence-electron chi connectivity index (χ0n) is 53.5. The lowest BCUT2D eigenvalue weighted by Crippen LogP contribution is -2.30. The lowest BCUT2D eigenvalue weighted by atomic mass is 10.0. The van der Waals surface area contributed by atoms with Crippen LogP contribution in [0.4, 0.5) is 0 Å². The number of hydrogen-bond donors (Lipinski definition) is 0. The van der Waals surface area contributed by atoms with Crippen LogP contribution >= 0.6 is 0 Å². The molecule has 0 amide bonds. The highest BCUT2D eigenvalue weighted by atomic mass is 16.6. The van der Waals surface area contributed by atoms with Crippen LogP contribution in [0.25, 0.3) is 0 Å². The maximum Gasteiger partial charge on any atom is 0.306 e. The Morgan fingerprint density at radius 1 is 0.205 bits per heavy atom. The fourth-order valence-electron chi connectivity index (χ4n) is 11.5. The maximum absolute atomic E-state index is 12.9. The number of ether oxygens (including phenoxy) is 3. The van der Waals surface area contributed by atoms with Gasteiger partial charge in [0.1, 0.15) is 13.2 Å². The molecule has 464 valence electrons. The first kappa shape index (κ1) is 76.4. The average molecular weight is 1100 g/mol. The average Bonchev–Trinajstić information content (AvgIpc) is 3.44. The molecule has 0 rings (SSSR count). The van der Waals surface area contributed by atoms with E-state index in [2.05, 4.69) is 20.8 Å². The van der Waals surface area contributed by atoms with Gasteiger partial charge in [-0.15, -0.1) is 0 Å². The van der Waals surface area contributed by atoms with Gasteiger partial charge in [0.15, 0.2) is 6.10 Å². The molecule has 0 spiro atoms. The summed E-state index contributed by atoms with van der Waals surface area (Å²) in [5, 5.41) is 0. The lowest BCUT2D eigenvalue weighted by Gasteiger charge is -2.18. The third kappa shape index (κ3) is 65.2. The molecule has 0 aliphatic rings. The summed E-state index contributed by atoms with van der Waals surface area (Å²) in [4.78, 5) is 38.2. The Bertz CT molecular complexity index is 1170. The van der Waals surface area contributed by atoms with Gasteiger partial charge in [0, 0.05) is 19.3 Å². The van der Waals surface area contributed by atoms with E-state index in [9.17, 15) is 14.4 Å².